The number of benzene rings is 1. The highest BCUT2D eigenvalue weighted by molar-refractivity contribution is 5.68. The smallest absolute Gasteiger partial charge is 0.305 e. The van der Waals surface area contributed by atoms with Gasteiger partial charge in [0.25, 0.3) is 0 Å². The Morgan fingerprint density at radius 2 is 2.14 bits per heavy atom. The van der Waals surface area contributed by atoms with E-state index in [0.29, 0.717) is 0 Å². The SMILES string of the molecule is CNC(CC(=O)O)c1ccccc1C. The molecule has 0 saturated heterocycles. The van der Waals surface area contributed by atoms with Crippen LogP contribution in [-0.2, 0) is 4.79 Å². The van der Waals surface area contributed by atoms with E-state index >= 15 is 0 Å². The van der Waals surface area contributed by atoms with Gasteiger partial charge < -0.3 is 10.4 Å². The highest BCUT2D eigenvalue weighted by Gasteiger charge is 2.14. The number of hydrogen-bond donors (Lipinski definition) is 2. The first-order chi connectivity index (χ1) is 6.65. The van der Waals surface area contributed by atoms with Gasteiger partial charge in [-0.15, -0.1) is 0 Å². The van der Waals surface area contributed by atoms with E-state index in [2.05, 4.69) is 5.32 Å². The molecule has 1 aromatic carbocycles. The highest BCUT2D eigenvalue weighted by atomic mass is 16.4. The minimum Gasteiger partial charge on any atom is -0.481 e. The molecule has 0 fully saturated rings. The fraction of sp³-hybridized carbons (Fsp3) is 0.364. The van der Waals surface area contributed by atoms with Gasteiger partial charge in [-0.3, -0.25) is 4.79 Å². The lowest BCUT2D eigenvalue weighted by molar-refractivity contribution is -0.137. The van der Waals surface area contributed by atoms with Gasteiger partial charge in [0.05, 0.1) is 6.42 Å². The number of aliphatic carboxylic acids is 1. The number of carboxylic acid groups (broad SMARTS) is 1. The van der Waals surface area contributed by atoms with Crippen molar-refractivity contribution >= 4 is 5.97 Å². The molecule has 0 amide bonds. The standard InChI is InChI=1S/C11H15NO2/c1-8-5-3-4-6-9(8)10(12-2)7-11(13)14/h3-6,10,12H,7H2,1-2H3,(H,13,14). The minimum atomic E-state index is -0.785. The Hall–Kier alpha value is -1.35. The molecule has 3 heteroatoms. The van der Waals surface area contributed by atoms with Crippen molar-refractivity contribution in [3.05, 3.63) is 35.4 Å². The van der Waals surface area contributed by atoms with E-state index in [1.54, 1.807) is 7.05 Å². The molecule has 1 unspecified atom stereocenters. The second-order valence-electron chi connectivity index (χ2n) is 3.30. The molecular formula is C11H15NO2. The molecule has 0 aliphatic carbocycles. The summed E-state index contributed by atoms with van der Waals surface area (Å²) in [6.45, 7) is 1.99. The van der Waals surface area contributed by atoms with Crippen LogP contribution in [0.1, 0.15) is 23.6 Å². The third kappa shape index (κ3) is 2.57. The molecule has 14 heavy (non-hydrogen) atoms. The summed E-state index contributed by atoms with van der Waals surface area (Å²) >= 11 is 0. The molecule has 0 aliphatic rings. The van der Waals surface area contributed by atoms with E-state index in [4.69, 9.17) is 5.11 Å². The Labute approximate surface area is 83.8 Å². The first-order valence-corrected chi connectivity index (χ1v) is 4.59. The zero-order valence-electron chi connectivity index (χ0n) is 8.45. The topological polar surface area (TPSA) is 49.3 Å². The zero-order valence-corrected chi connectivity index (χ0v) is 8.45. The van der Waals surface area contributed by atoms with Crippen molar-refractivity contribution in [3.8, 4) is 0 Å². The summed E-state index contributed by atoms with van der Waals surface area (Å²) in [7, 11) is 1.78. The third-order valence-corrected chi connectivity index (χ3v) is 2.29. The number of rotatable bonds is 4. The van der Waals surface area contributed by atoms with Crippen LogP contribution in [0.15, 0.2) is 24.3 Å². The number of aryl methyl sites for hydroxylation is 1. The maximum absolute atomic E-state index is 10.6. The maximum atomic E-state index is 10.6. The van der Waals surface area contributed by atoms with E-state index in [1.165, 1.54) is 0 Å². The Morgan fingerprint density at radius 1 is 1.50 bits per heavy atom. The lowest BCUT2D eigenvalue weighted by Crippen LogP contribution is -2.20. The van der Waals surface area contributed by atoms with Crippen molar-refractivity contribution in [3.63, 3.8) is 0 Å². The predicted octanol–water partition coefficient (Wildman–Crippen LogP) is 1.73. The largest absolute Gasteiger partial charge is 0.481 e. The van der Waals surface area contributed by atoms with Gasteiger partial charge in [0.2, 0.25) is 0 Å². The lowest BCUT2D eigenvalue weighted by Gasteiger charge is -2.16. The van der Waals surface area contributed by atoms with Gasteiger partial charge in [0, 0.05) is 6.04 Å². The molecule has 0 aliphatic heterocycles. The Balaban J connectivity index is 2.89. The lowest BCUT2D eigenvalue weighted by atomic mass is 9.99. The van der Waals surface area contributed by atoms with Crippen LogP contribution < -0.4 is 5.32 Å². The maximum Gasteiger partial charge on any atom is 0.305 e. The van der Waals surface area contributed by atoms with E-state index in [1.807, 2.05) is 31.2 Å². The number of hydrogen-bond acceptors (Lipinski definition) is 2. The average molecular weight is 193 g/mol. The van der Waals surface area contributed by atoms with Crippen LogP contribution in [0.3, 0.4) is 0 Å². The molecule has 76 valence electrons. The van der Waals surface area contributed by atoms with Gasteiger partial charge in [-0.1, -0.05) is 24.3 Å². The van der Waals surface area contributed by atoms with E-state index in [-0.39, 0.29) is 12.5 Å². The van der Waals surface area contributed by atoms with Crippen molar-refractivity contribution in [2.24, 2.45) is 0 Å². The quantitative estimate of drug-likeness (QED) is 0.765. The van der Waals surface area contributed by atoms with Crippen molar-refractivity contribution in [2.75, 3.05) is 7.05 Å². The molecule has 0 aromatic heterocycles. The fourth-order valence-corrected chi connectivity index (χ4v) is 1.52. The van der Waals surface area contributed by atoms with Gasteiger partial charge in [0.1, 0.15) is 0 Å². The van der Waals surface area contributed by atoms with E-state index < -0.39 is 5.97 Å². The second-order valence-corrected chi connectivity index (χ2v) is 3.30. The van der Waals surface area contributed by atoms with Crippen molar-refractivity contribution in [2.45, 2.75) is 19.4 Å². The molecule has 1 aromatic rings. The summed E-state index contributed by atoms with van der Waals surface area (Å²) in [5.41, 5.74) is 2.17. The molecular weight excluding hydrogens is 178 g/mol. The summed E-state index contributed by atoms with van der Waals surface area (Å²) < 4.78 is 0. The summed E-state index contributed by atoms with van der Waals surface area (Å²) in [6.07, 6.45) is 0.112. The van der Waals surface area contributed by atoms with Crippen LogP contribution in [0.5, 0.6) is 0 Å². The second kappa shape index (κ2) is 4.77. The molecule has 2 N–H and O–H groups in total. The summed E-state index contributed by atoms with van der Waals surface area (Å²) in [5, 5.41) is 11.7. The summed E-state index contributed by atoms with van der Waals surface area (Å²) in [4.78, 5) is 10.6. The molecule has 0 saturated carbocycles. The predicted molar refractivity (Wildman–Crippen MR) is 55.2 cm³/mol. The Bertz CT molecular complexity index is 323. The van der Waals surface area contributed by atoms with E-state index in [0.717, 1.165) is 11.1 Å². The first kappa shape index (κ1) is 10.7. The zero-order chi connectivity index (χ0) is 10.6. The van der Waals surface area contributed by atoms with Crippen LogP contribution >= 0.6 is 0 Å². The third-order valence-electron chi connectivity index (χ3n) is 2.29. The molecule has 1 atom stereocenters. The Kier molecular flexibility index (Phi) is 3.65. The number of nitrogens with one attached hydrogen (secondary N) is 1. The minimum absolute atomic E-state index is 0.103. The number of carbonyl (C=O) groups is 1. The first-order valence-electron chi connectivity index (χ1n) is 4.59. The van der Waals surface area contributed by atoms with Gasteiger partial charge in [-0.05, 0) is 25.1 Å². The monoisotopic (exact) mass is 193 g/mol. The molecule has 0 bridgehead atoms. The van der Waals surface area contributed by atoms with Gasteiger partial charge in [0.15, 0.2) is 0 Å². The molecule has 1 rings (SSSR count). The van der Waals surface area contributed by atoms with Crippen LogP contribution in [0.4, 0.5) is 0 Å². The van der Waals surface area contributed by atoms with Gasteiger partial charge in [-0.2, -0.15) is 0 Å². The number of carboxylic acids is 1. The van der Waals surface area contributed by atoms with E-state index in [9.17, 15) is 4.79 Å². The summed E-state index contributed by atoms with van der Waals surface area (Å²) in [5.74, 6) is -0.785. The van der Waals surface area contributed by atoms with Gasteiger partial charge >= 0.3 is 5.97 Å². The highest BCUT2D eigenvalue weighted by Crippen LogP contribution is 2.19. The normalized spacial score (nSPS) is 12.4. The average Bonchev–Trinajstić information content (AvgIpc) is 2.15. The van der Waals surface area contributed by atoms with Crippen molar-refractivity contribution in [1.29, 1.82) is 0 Å². The molecule has 0 heterocycles. The van der Waals surface area contributed by atoms with Crippen LogP contribution in [0, 0.1) is 6.92 Å². The molecule has 0 radical (unpaired) electrons. The van der Waals surface area contributed by atoms with Crippen LogP contribution in [-0.4, -0.2) is 18.1 Å². The summed E-state index contributed by atoms with van der Waals surface area (Å²) in [6, 6.07) is 7.72. The van der Waals surface area contributed by atoms with Gasteiger partial charge in [-0.25, -0.2) is 0 Å². The van der Waals surface area contributed by atoms with Crippen molar-refractivity contribution in [1.82, 2.24) is 5.32 Å². The fourth-order valence-electron chi connectivity index (χ4n) is 1.52. The van der Waals surface area contributed by atoms with Crippen molar-refractivity contribution < 1.29 is 9.90 Å². The van der Waals surface area contributed by atoms with Crippen LogP contribution in [0.25, 0.3) is 0 Å². The van der Waals surface area contributed by atoms with Crippen LogP contribution in [0.2, 0.25) is 0 Å². The molecule has 0 spiro atoms. The Morgan fingerprint density at radius 3 is 2.64 bits per heavy atom. The molecule has 3 nitrogen and oxygen atoms in total.